The highest BCUT2D eigenvalue weighted by Gasteiger charge is 2.29. The van der Waals surface area contributed by atoms with Crippen molar-refractivity contribution in [1.82, 2.24) is 24.9 Å². The zero-order valence-corrected chi connectivity index (χ0v) is 18.1. The molecule has 0 spiro atoms. The van der Waals surface area contributed by atoms with Crippen LogP contribution in [0.2, 0.25) is 0 Å². The zero-order chi connectivity index (χ0) is 21.1. The largest absolute Gasteiger partial charge is 0.488 e. The molecule has 2 aromatic rings. The molecular formula is C22H29N5O3. The average molecular weight is 412 g/mol. The van der Waals surface area contributed by atoms with Crippen molar-refractivity contribution in [3.05, 3.63) is 24.0 Å². The second kappa shape index (κ2) is 8.72. The maximum Gasteiger partial charge on any atom is 0.177 e. The van der Waals surface area contributed by atoms with Crippen LogP contribution in [0.25, 0.3) is 11.4 Å². The Morgan fingerprint density at radius 1 is 1.27 bits per heavy atom. The van der Waals surface area contributed by atoms with E-state index in [4.69, 9.17) is 14.2 Å². The van der Waals surface area contributed by atoms with Crippen molar-refractivity contribution in [2.75, 3.05) is 33.9 Å². The van der Waals surface area contributed by atoms with Gasteiger partial charge in [-0.1, -0.05) is 30.9 Å². The van der Waals surface area contributed by atoms with Crippen LogP contribution in [0.15, 0.2) is 18.5 Å². The van der Waals surface area contributed by atoms with Crippen molar-refractivity contribution < 1.29 is 14.2 Å². The Morgan fingerprint density at radius 3 is 2.73 bits per heavy atom. The molecule has 1 aliphatic carbocycles. The molecule has 1 saturated carbocycles. The van der Waals surface area contributed by atoms with Gasteiger partial charge in [0.2, 0.25) is 0 Å². The molecule has 4 rings (SSSR count). The summed E-state index contributed by atoms with van der Waals surface area (Å²) in [6.45, 7) is 6.75. The first kappa shape index (κ1) is 20.8. The third-order valence-electron chi connectivity index (χ3n) is 4.74. The molecule has 1 aliphatic heterocycles. The van der Waals surface area contributed by atoms with E-state index in [1.165, 1.54) is 0 Å². The van der Waals surface area contributed by atoms with Gasteiger partial charge in [-0.3, -0.25) is 4.90 Å². The van der Waals surface area contributed by atoms with Crippen molar-refractivity contribution in [2.24, 2.45) is 5.41 Å². The minimum Gasteiger partial charge on any atom is -0.488 e. The van der Waals surface area contributed by atoms with Gasteiger partial charge in [-0.2, -0.15) is 0 Å². The Labute approximate surface area is 177 Å². The lowest BCUT2D eigenvalue weighted by Crippen LogP contribution is -2.39. The second-order valence-electron chi connectivity index (χ2n) is 8.97. The molecule has 1 saturated heterocycles. The molecular weight excluding hydrogens is 382 g/mol. The third-order valence-corrected chi connectivity index (χ3v) is 4.74. The SMILES string of the molecule is CN(C)CC#Cc1cnc(-c2cn(CC3OCC(C)(C)CO3)nn2)c(OC2CC2)c1. The van der Waals surface area contributed by atoms with Crippen LogP contribution in [0.5, 0.6) is 5.75 Å². The lowest BCUT2D eigenvalue weighted by molar-refractivity contribution is -0.227. The molecule has 0 radical (unpaired) electrons. The Bertz CT molecular complexity index is 930. The van der Waals surface area contributed by atoms with Crippen LogP contribution < -0.4 is 4.74 Å². The van der Waals surface area contributed by atoms with Gasteiger partial charge in [-0.25, -0.2) is 9.67 Å². The predicted octanol–water partition coefficient (Wildman–Crippen LogP) is 2.19. The standard InChI is InChI=1S/C22H29N5O3/c1-22(2)14-28-20(29-15-22)13-27-12-18(24-25-27)21-19(30-17-7-8-17)10-16(11-23-21)6-5-9-26(3)4/h10-12,17,20H,7-9,13-15H2,1-4H3. The Balaban J connectivity index is 1.49. The summed E-state index contributed by atoms with van der Waals surface area (Å²) in [4.78, 5) is 6.61. The van der Waals surface area contributed by atoms with Gasteiger partial charge in [-0.15, -0.1) is 5.10 Å². The summed E-state index contributed by atoms with van der Waals surface area (Å²) >= 11 is 0. The van der Waals surface area contributed by atoms with Gasteiger partial charge in [0.15, 0.2) is 6.29 Å². The van der Waals surface area contributed by atoms with E-state index in [9.17, 15) is 0 Å². The summed E-state index contributed by atoms with van der Waals surface area (Å²) in [5.41, 5.74) is 2.21. The van der Waals surface area contributed by atoms with E-state index < -0.39 is 0 Å². The quantitative estimate of drug-likeness (QED) is 0.675. The van der Waals surface area contributed by atoms with Crippen LogP contribution in [0.1, 0.15) is 32.3 Å². The highest BCUT2D eigenvalue weighted by molar-refractivity contribution is 5.63. The van der Waals surface area contributed by atoms with Crippen LogP contribution in [0.3, 0.4) is 0 Å². The monoisotopic (exact) mass is 411 g/mol. The minimum atomic E-state index is -0.322. The molecule has 0 atom stereocenters. The number of hydrogen-bond donors (Lipinski definition) is 0. The van der Waals surface area contributed by atoms with E-state index in [2.05, 4.69) is 41.0 Å². The number of ether oxygens (including phenoxy) is 3. The van der Waals surface area contributed by atoms with Crippen molar-refractivity contribution in [3.8, 4) is 29.0 Å². The van der Waals surface area contributed by atoms with Crippen LogP contribution >= 0.6 is 0 Å². The van der Waals surface area contributed by atoms with Crippen LogP contribution in [0, 0.1) is 17.3 Å². The first-order chi connectivity index (χ1) is 14.4. The second-order valence-corrected chi connectivity index (χ2v) is 8.97. The number of aromatic nitrogens is 4. The van der Waals surface area contributed by atoms with Gasteiger partial charge in [0.05, 0.1) is 38.6 Å². The van der Waals surface area contributed by atoms with Crippen molar-refractivity contribution in [2.45, 2.75) is 45.6 Å². The highest BCUT2D eigenvalue weighted by Crippen LogP contribution is 2.33. The minimum absolute atomic E-state index is 0.0418. The molecule has 2 aliphatic rings. The molecule has 8 nitrogen and oxygen atoms in total. The van der Waals surface area contributed by atoms with E-state index in [1.54, 1.807) is 10.9 Å². The normalized spacial score (nSPS) is 18.8. The Morgan fingerprint density at radius 2 is 2.03 bits per heavy atom. The number of hydrogen-bond acceptors (Lipinski definition) is 7. The fraction of sp³-hybridized carbons (Fsp3) is 0.591. The average Bonchev–Trinajstić information content (AvgIpc) is 3.39. The smallest absolute Gasteiger partial charge is 0.177 e. The lowest BCUT2D eigenvalue weighted by Gasteiger charge is -2.34. The molecule has 160 valence electrons. The van der Waals surface area contributed by atoms with E-state index in [-0.39, 0.29) is 17.8 Å². The highest BCUT2D eigenvalue weighted by atomic mass is 16.7. The first-order valence-corrected chi connectivity index (χ1v) is 10.3. The summed E-state index contributed by atoms with van der Waals surface area (Å²) in [5.74, 6) is 6.98. The predicted molar refractivity (Wildman–Crippen MR) is 112 cm³/mol. The molecule has 0 amide bonds. The van der Waals surface area contributed by atoms with E-state index in [0.717, 1.165) is 18.4 Å². The number of nitrogens with zero attached hydrogens (tertiary/aromatic N) is 5. The molecule has 0 bridgehead atoms. The molecule has 8 heteroatoms. The first-order valence-electron chi connectivity index (χ1n) is 10.3. The topological polar surface area (TPSA) is 74.5 Å². The van der Waals surface area contributed by atoms with E-state index in [0.29, 0.717) is 43.4 Å². The summed E-state index contributed by atoms with van der Waals surface area (Å²) < 4.78 is 19.4. The maximum absolute atomic E-state index is 6.09. The van der Waals surface area contributed by atoms with Gasteiger partial charge in [0.25, 0.3) is 0 Å². The molecule has 0 aromatic carbocycles. The molecule has 3 heterocycles. The van der Waals surface area contributed by atoms with Gasteiger partial charge in [0, 0.05) is 17.2 Å². The van der Waals surface area contributed by atoms with Gasteiger partial charge >= 0.3 is 0 Å². The molecule has 30 heavy (non-hydrogen) atoms. The molecule has 2 aromatic heterocycles. The fourth-order valence-corrected chi connectivity index (χ4v) is 2.94. The molecule has 2 fully saturated rings. The van der Waals surface area contributed by atoms with Crippen LogP contribution in [0.4, 0.5) is 0 Å². The van der Waals surface area contributed by atoms with E-state index >= 15 is 0 Å². The number of rotatable bonds is 6. The third kappa shape index (κ3) is 5.57. The van der Waals surface area contributed by atoms with Crippen LogP contribution in [-0.4, -0.2) is 71.1 Å². The van der Waals surface area contributed by atoms with Crippen molar-refractivity contribution >= 4 is 0 Å². The fourth-order valence-electron chi connectivity index (χ4n) is 2.94. The summed E-state index contributed by atoms with van der Waals surface area (Å²) in [6.07, 6.45) is 5.66. The number of pyridine rings is 1. The van der Waals surface area contributed by atoms with Gasteiger partial charge in [-0.05, 0) is 33.0 Å². The summed E-state index contributed by atoms with van der Waals surface area (Å²) in [6, 6.07) is 1.94. The summed E-state index contributed by atoms with van der Waals surface area (Å²) in [5, 5.41) is 8.53. The van der Waals surface area contributed by atoms with Gasteiger partial charge < -0.3 is 14.2 Å². The molecule has 0 unspecified atom stereocenters. The summed E-state index contributed by atoms with van der Waals surface area (Å²) in [7, 11) is 3.98. The van der Waals surface area contributed by atoms with E-state index in [1.807, 2.05) is 31.3 Å². The zero-order valence-electron chi connectivity index (χ0n) is 18.1. The van der Waals surface area contributed by atoms with Crippen molar-refractivity contribution in [1.29, 1.82) is 0 Å². The maximum atomic E-state index is 6.09. The molecule has 0 N–H and O–H groups in total. The van der Waals surface area contributed by atoms with Crippen LogP contribution in [-0.2, 0) is 16.0 Å². The van der Waals surface area contributed by atoms with Crippen molar-refractivity contribution in [3.63, 3.8) is 0 Å². The Hall–Kier alpha value is -2.47. The Kier molecular flexibility index (Phi) is 6.04. The van der Waals surface area contributed by atoms with Gasteiger partial charge in [0.1, 0.15) is 17.1 Å². The lowest BCUT2D eigenvalue weighted by atomic mass is 9.96.